The molecule has 6 rings (SSSR count). The number of aromatic nitrogens is 1. The molecule has 0 aliphatic heterocycles. The van der Waals surface area contributed by atoms with E-state index >= 15 is 0 Å². The first-order chi connectivity index (χ1) is 16.1. The fraction of sp³-hybridized carbons (Fsp3) is 0.719. The number of pyridine rings is 1. The number of hydrogen-bond donors (Lipinski definition) is 0. The van der Waals surface area contributed by atoms with Crippen LogP contribution in [0.5, 0.6) is 0 Å². The highest BCUT2D eigenvalue weighted by Gasteiger charge is 2.45. The molecular formula is C32H45N. The van der Waals surface area contributed by atoms with Crippen molar-refractivity contribution in [2.75, 3.05) is 0 Å². The molecule has 5 aliphatic rings. The van der Waals surface area contributed by atoms with Crippen LogP contribution in [0.4, 0.5) is 0 Å². The number of nitrogens with zero attached hydrogens (tertiary/aromatic N) is 1. The average Bonchev–Trinajstić information content (AvgIpc) is 3.34. The average molecular weight is 444 g/mol. The van der Waals surface area contributed by atoms with Crippen LogP contribution >= 0.6 is 0 Å². The molecule has 1 nitrogen and oxygen atoms in total. The van der Waals surface area contributed by atoms with E-state index in [1.807, 2.05) is 5.56 Å². The molecule has 3 saturated carbocycles. The summed E-state index contributed by atoms with van der Waals surface area (Å²) in [5.74, 6) is 2.23. The molecule has 1 spiro atoms. The Balaban J connectivity index is 1.51. The zero-order valence-corrected chi connectivity index (χ0v) is 21.4. The van der Waals surface area contributed by atoms with Crippen LogP contribution in [-0.4, -0.2) is 4.98 Å². The van der Waals surface area contributed by atoms with Gasteiger partial charge in [-0.2, -0.15) is 0 Å². The molecule has 0 bridgehead atoms. The molecule has 1 unspecified atom stereocenters. The van der Waals surface area contributed by atoms with Crippen molar-refractivity contribution in [3.8, 4) is 0 Å². The lowest BCUT2D eigenvalue weighted by Gasteiger charge is -2.48. The Morgan fingerprint density at radius 2 is 1.58 bits per heavy atom. The maximum Gasteiger partial charge on any atom is 0.0476 e. The van der Waals surface area contributed by atoms with Crippen molar-refractivity contribution in [3.05, 3.63) is 51.4 Å². The maximum atomic E-state index is 5.72. The Kier molecular flexibility index (Phi) is 6.04. The summed E-state index contributed by atoms with van der Waals surface area (Å²) in [7, 11) is 0. The third-order valence-corrected chi connectivity index (χ3v) is 10.3. The van der Waals surface area contributed by atoms with Crippen molar-refractivity contribution in [3.63, 3.8) is 0 Å². The minimum atomic E-state index is 0.603. The molecule has 0 radical (unpaired) electrons. The van der Waals surface area contributed by atoms with Gasteiger partial charge in [-0.1, -0.05) is 68.7 Å². The van der Waals surface area contributed by atoms with E-state index in [9.17, 15) is 0 Å². The van der Waals surface area contributed by atoms with Crippen LogP contribution in [0.2, 0.25) is 0 Å². The second-order valence-corrected chi connectivity index (χ2v) is 12.7. The molecule has 1 aromatic heterocycles. The molecule has 1 heterocycles. The Morgan fingerprint density at radius 1 is 0.848 bits per heavy atom. The van der Waals surface area contributed by atoms with Gasteiger partial charge in [0.15, 0.2) is 0 Å². The third kappa shape index (κ3) is 4.17. The largest absolute Gasteiger partial charge is 0.257 e. The zero-order valence-electron chi connectivity index (χ0n) is 21.4. The molecule has 5 aliphatic carbocycles. The Bertz CT molecular complexity index is 947. The van der Waals surface area contributed by atoms with Crippen LogP contribution in [-0.2, 0) is 12.8 Å². The highest BCUT2D eigenvalue weighted by atomic mass is 14.8. The topological polar surface area (TPSA) is 12.9 Å². The Labute approximate surface area is 202 Å². The first-order valence-corrected chi connectivity index (χ1v) is 14.5. The lowest BCUT2D eigenvalue weighted by Crippen LogP contribution is -2.38. The highest BCUT2D eigenvalue weighted by molar-refractivity contribution is 5.50. The van der Waals surface area contributed by atoms with Crippen molar-refractivity contribution < 1.29 is 0 Å². The fourth-order valence-electron chi connectivity index (χ4n) is 8.39. The zero-order chi connectivity index (χ0) is 22.4. The molecule has 0 amide bonds. The Morgan fingerprint density at radius 3 is 2.24 bits per heavy atom. The van der Waals surface area contributed by atoms with E-state index in [1.165, 1.54) is 109 Å². The molecule has 1 heteroatoms. The first-order valence-electron chi connectivity index (χ1n) is 14.5. The Hall–Kier alpha value is -1.37. The molecule has 0 N–H and O–H groups in total. The van der Waals surface area contributed by atoms with Gasteiger partial charge in [-0.05, 0) is 111 Å². The summed E-state index contributed by atoms with van der Waals surface area (Å²) in [6.45, 7) is 4.86. The molecule has 3 fully saturated rings. The molecule has 0 aromatic carbocycles. The predicted molar refractivity (Wildman–Crippen MR) is 139 cm³/mol. The van der Waals surface area contributed by atoms with Gasteiger partial charge in [-0.25, -0.2) is 0 Å². The van der Waals surface area contributed by atoms with E-state index in [0.717, 1.165) is 11.8 Å². The SMILES string of the molecule is CC1=CC=C(Cc2c(C3CCCC3)nc3c(c2C2CCCCC2)C(C)CC2(CCC2)C3)CC1. The highest BCUT2D eigenvalue weighted by Crippen LogP contribution is 2.56. The van der Waals surface area contributed by atoms with Gasteiger partial charge < -0.3 is 0 Å². The second kappa shape index (κ2) is 9.01. The van der Waals surface area contributed by atoms with Gasteiger partial charge in [0.2, 0.25) is 0 Å². The molecule has 1 atom stereocenters. The minimum Gasteiger partial charge on any atom is -0.257 e. The summed E-state index contributed by atoms with van der Waals surface area (Å²) in [4.78, 5) is 5.72. The number of hydrogen-bond acceptors (Lipinski definition) is 1. The van der Waals surface area contributed by atoms with Gasteiger partial charge in [0.05, 0.1) is 0 Å². The lowest BCUT2D eigenvalue weighted by molar-refractivity contribution is 0.0974. The van der Waals surface area contributed by atoms with Crippen LogP contribution in [0.1, 0.15) is 156 Å². The van der Waals surface area contributed by atoms with Crippen LogP contribution in [0.15, 0.2) is 23.3 Å². The van der Waals surface area contributed by atoms with Crippen molar-refractivity contribution >= 4 is 0 Å². The van der Waals surface area contributed by atoms with E-state index in [2.05, 4.69) is 26.0 Å². The van der Waals surface area contributed by atoms with E-state index in [-0.39, 0.29) is 0 Å². The quantitative estimate of drug-likeness (QED) is 0.452. The van der Waals surface area contributed by atoms with Gasteiger partial charge in [-0.3, -0.25) is 4.98 Å². The van der Waals surface area contributed by atoms with Crippen molar-refractivity contribution in [2.24, 2.45) is 5.41 Å². The summed E-state index contributed by atoms with van der Waals surface area (Å²) in [5, 5.41) is 0. The monoisotopic (exact) mass is 443 g/mol. The number of allylic oxidation sites excluding steroid dienone is 4. The number of fused-ring (bicyclic) bond motifs is 1. The van der Waals surface area contributed by atoms with E-state index in [1.54, 1.807) is 33.7 Å². The summed E-state index contributed by atoms with van der Waals surface area (Å²) < 4.78 is 0. The third-order valence-electron chi connectivity index (χ3n) is 10.3. The van der Waals surface area contributed by atoms with E-state index in [4.69, 9.17) is 4.98 Å². The standard InChI is InChI=1S/C32H45N/c1-22-13-15-24(16-14-22)19-27-30(25-9-4-3-5-10-25)29-23(2)20-32(17-8-18-32)21-28(29)33-31(27)26-11-6-7-12-26/h13,15,23,25-26H,3-12,14,16-21H2,1-2H3. The van der Waals surface area contributed by atoms with E-state index < -0.39 is 0 Å². The van der Waals surface area contributed by atoms with Crippen LogP contribution in [0, 0.1) is 5.41 Å². The van der Waals surface area contributed by atoms with Crippen molar-refractivity contribution in [1.82, 2.24) is 4.98 Å². The van der Waals surface area contributed by atoms with Crippen molar-refractivity contribution in [1.29, 1.82) is 0 Å². The maximum absolute atomic E-state index is 5.72. The molecular weight excluding hydrogens is 398 g/mol. The van der Waals surface area contributed by atoms with Crippen LogP contribution in [0.3, 0.4) is 0 Å². The van der Waals surface area contributed by atoms with Gasteiger partial charge in [0, 0.05) is 17.3 Å². The second-order valence-electron chi connectivity index (χ2n) is 12.7. The first kappa shape index (κ1) is 22.1. The molecule has 0 saturated heterocycles. The predicted octanol–water partition coefficient (Wildman–Crippen LogP) is 9.22. The van der Waals surface area contributed by atoms with Gasteiger partial charge in [0.25, 0.3) is 0 Å². The molecule has 33 heavy (non-hydrogen) atoms. The smallest absolute Gasteiger partial charge is 0.0476 e. The van der Waals surface area contributed by atoms with Crippen molar-refractivity contribution in [2.45, 2.75) is 141 Å². The lowest BCUT2D eigenvalue weighted by atomic mass is 9.57. The van der Waals surface area contributed by atoms with Gasteiger partial charge in [0.1, 0.15) is 0 Å². The summed E-state index contributed by atoms with van der Waals surface area (Å²) in [6, 6.07) is 0. The number of rotatable bonds is 4. The normalized spacial score (nSPS) is 27.8. The molecule has 178 valence electrons. The summed E-state index contributed by atoms with van der Waals surface area (Å²) in [5.41, 5.74) is 12.3. The summed E-state index contributed by atoms with van der Waals surface area (Å²) in [6.07, 6.45) is 28.3. The fourth-order valence-corrected chi connectivity index (χ4v) is 8.39. The summed E-state index contributed by atoms with van der Waals surface area (Å²) >= 11 is 0. The van der Waals surface area contributed by atoms with Crippen LogP contribution in [0.25, 0.3) is 0 Å². The van der Waals surface area contributed by atoms with Gasteiger partial charge >= 0.3 is 0 Å². The van der Waals surface area contributed by atoms with Crippen LogP contribution < -0.4 is 0 Å². The molecule has 1 aromatic rings. The van der Waals surface area contributed by atoms with Gasteiger partial charge in [-0.15, -0.1) is 0 Å². The van der Waals surface area contributed by atoms with E-state index in [0.29, 0.717) is 11.3 Å². The minimum absolute atomic E-state index is 0.603.